The van der Waals surface area contributed by atoms with Crippen molar-refractivity contribution in [2.24, 2.45) is 0 Å². The summed E-state index contributed by atoms with van der Waals surface area (Å²) in [5.41, 5.74) is 8.25. The number of fused-ring (bicyclic) bond motifs is 2. The van der Waals surface area contributed by atoms with Crippen LogP contribution >= 0.6 is 27.2 Å². The zero-order chi connectivity index (χ0) is 35.6. The largest absolute Gasteiger partial charge is 0.756 e. The van der Waals surface area contributed by atoms with Crippen molar-refractivity contribution in [3.63, 3.8) is 0 Å². The van der Waals surface area contributed by atoms with Gasteiger partial charge >= 0.3 is 13.7 Å². The van der Waals surface area contributed by atoms with Crippen LogP contribution in [0, 0.1) is 0 Å². The molecule has 0 spiro atoms. The summed E-state index contributed by atoms with van der Waals surface area (Å²) in [6.45, 7) is 0.230. The van der Waals surface area contributed by atoms with Gasteiger partial charge in [-0.15, -0.1) is 0 Å². The van der Waals surface area contributed by atoms with Crippen molar-refractivity contribution in [2.45, 2.75) is 69.9 Å². The molecule has 7 atom stereocenters. The maximum absolute atomic E-state index is 15.3. The fraction of sp³-hybridized carbons (Fsp3) is 0.400. The number of esters is 1. The minimum absolute atomic E-state index is 0.00502. The lowest BCUT2D eigenvalue weighted by Gasteiger charge is -2.31. The van der Waals surface area contributed by atoms with Gasteiger partial charge in [0.25, 0.3) is 7.82 Å². The number of carbonyl (C=O) groups is 1. The van der Waals surface area contributed by atoms with Crippen LogP contribution in [-0.4, -0.2) is 61.6 Å². The minimum Gasteiger partial charge on any atom is -0.756 e. The van der Waals surface area contributed by atoms with E-state index in [-0.39, 0.29) is 34.6 Å². The molecule has 1 aliphatic carbocycles. The van der Waals surface area contributed by atoms with Crippen molar-refractivity contribution in [1.82, 2.24) is 24.6 Å². The number of alkyl halides is 1. The molecule has 3 unspecified atom stereocenters. The number of anilines is 1. The summed E-state index contributed by atoms with van der Waals surface area (Å²) in [7, 11) is -10.6. The van der Waals surface area contributed by atoms with E-state index in [0.717, 1.165) is 35.7 Å². The Morgan fingerprint density at radius 1 is 1.20 bits per heavy atom. The molecule has 3 heterocycles. The molecule has 0 saturated carbocycles. The van der Waals surface area contributed by atoms with Crippen LogP contribution in [0.4, 0.5) is 10.2 Å². The van der Waals surface area contributed by atoms with Gasteiger partial charge in [0.15, 0.2) is 23.9 Å². The second-order valence-electron chi connectivity index (χ2n) is 11.7. The van der Waals surface area contributed by atoms with Gasteiger partial charge in [0.2, 0.25) is 5.28 Å². The number of ether oxygens (including phenoxy) is 2. The predicted molar refractivity (Wildman–Crippen MR) is 174 cm³/mol. The van der Waals surface area contributed by atoms with E-state index in [2.05, 4.69) is 20.0 Å². The maximum Gasteiger partial charge on any atom is 0.465 e. The van der Waals surface area contributed by atoms with Crippen LogP contribution in [0.3, 0.4) is 0 Å². The van der Waals surface area contributed by atoms with Crippen LogP contribution in [0.2, 0.25) is 5.28 Å². The second kappa shape index (κ2) is 15.0. The first kappa shape index (κ1) is 36.3. The summed E-state index contributed by atoms with van der Waals surface area (Å²) >= 11 is 5.89. The number of nitrogens with two attached hydrogens (primary N) is 1. The van der Waals surface area contributed by atoms with Gasteiger partial charge in [-0.1, -0.05) is 42.5 Å². The predicted octanol–water partition coefficient (Wildman–Crippen LogP) is 3.95. The SMILES string of the molecule is C[C@H](NP(=O)(Oc1cccc2c1CCCC2)OP(=O)([O-])OC[C@H]1O[C@@H](n2cnc3c(N)nc(Cl)nc32)[C@H](F)C1O)C(=O)OCc1ccccc1. The number of nitrogen functional groups attached to an aromatic ring is 1. The minimum atomic E-state index is -5.60. The van der Waals surface area contributed by atoms with Crippen LogP contribution in [0.1, 0.15) is 42.7 Å². The zero-order valence-corrected chi connectivity index (χ0v) is 29.0. The molecular formula is C30H33ClFN6O10P2-. The number of imidazole rings is 1. The van der Waals surface area contributed by atoms with Gasteiger partial charge in [-0.25, -0.2) is 18.3 Å². The van der Waals surface area contributed by atoms with E-state index in [1.165, 1.54) is 13.0 Å². The molecule has 268 valence electrons. The van der Waals surface area contributed by atoms with E-state index < -0.39 is 58.8 Å². The Hall–Kier alpha value is -3.50. The second-order valence-corrected chi connectivity index (χ2v) is 15.2. The smallest absolute Gasteiger partial charge is 0.465 e. The number of aliphatic hydroxyl groups is 1. The number of aryl methyl sites for hydroxylation is 1. The van der Waals surface area contributed by atoms with Crippen molar-refractivity contribution in [3.05, 3.63) is 76.8 Å². The van der Waals surface area contributed by atoms with Gasteiger partial charge in [0, 0.05) is 0 Å². The van der Waals surface area contributed by atoms with Gasteiger partial charge in [-0.3, -0.25) is 13.9 Å². The van der Waals surface area contributed by atoms with Gasteiger partial charge in [-0.2, -0.15) is 15.1 Å². The summed E-state index contributed by atoms with van der Waals surface area (Å²) < 4.78 is 70.4. The van der Waals surface area contributed by atoms with Crippen molar-refractivity contribution < 1.29 is 51.1 Å². The molecule has 20 heteroatoms. The molecule has 1 saturated heterocycles. The van der Waals surface area contributed by atoms with Gasteiger partial charge in [0.1, 0.15) is 36.1 Å². The molecule has 16 nitrogen and oxygen atoms in total. The number of aliphatic hydroxyl groups excluding tert-OH is 1. The molecular weight excluding hydrogens is 721 g/mol. The van der Waals surface area contributed by atoms with Crippen LogP contribution in [0.25, 0.3) is 11.2 Å². The van der Waals surface area contributed by atoms with Gasteiger partial charge < -0.3 is 34.3 Å². The highest BCUT2D eigenvalue weighted by atomic mass is 35.5. The Kier molecular flexibility index (Phi) is 10.9. The van der Waals surface area contributed by atoms with Crippen LogP contribution in [-0.2, 0) is 51.7 Å². The zero-order valence-electron chi connectivity index (χ0n) is 26.5. The summed E-state index contributed by atoms with van der Waals surface area (Å²) in [4.78, 5) is 37.8. The first-order chi connectivity index (χ1) is 23.8. The molecule has 2 aromatic carbocycles. The highest BCUT2D eigenvalue weighted by Crippen LogP contribution is 2.59. The average molecular weight is 754 g/mol. The molecule has 6 rings (SSSR count). The van der Waals surface area contributed by atoms with E-state index >= 15 is 4.39 Å². The number of nitrogens with one attached hydrogen (secondary N) is 1. The molecule has 1 aliphatic heterocycles. The Balaban J connectivity index is 1.17. The number of benzene rings is 2. The monoisotopic (exact) mass is 753 g/mol. The van der Waals surface area contributed by atoms with Crippen molar-refractivity contribution in [2.75, 3.05) is 12.3 Å². The summed E-state index contributed by atoms with van der Waals surface area (Å²) in [5.74, 6) is -0.856. The normalized spacial score (nSPS) is 23.5. The third-order valence-corrected chi connectivity index (χ3v) is 11.5. The lowest BCUT2D eigenvalue weighted by Crippen LogP contribution is -2.35. The number of hydrogen-bond acceptors (Lipinski definition) is 14. The third kappa shape index (κ3) is 8.17. The Labute approximate surface area is 290 Å². The molecule has 50 heavy (non-hydrogen) atoms. The Bertz CT molecular complexity index is 1960. The van der Waals surface area contributed by atoms with Crippen molar-refractivity contribution >= 4 is 50.1 Å². The first-order valence-electron chi connectivity index (χ1n) is 15.5. The Morgan fingerprint density at radius 3 is 2.74 bits per heavy atom. The number of carbonyl (C=O) groups excluding carboxylic acids is 1. The fourth-order valence-electron chi connectivity index (χ4n) is 5.65. The van der Waals surface area contributed by atoms with Gasteiger partial charge in [-0.05, 0) is 67.0 Å². The fourth-order valence-corrected chi connectivity index (χ4v) is 8.78. The summed E-state index contributed by atoms with van der Waals surface area (Å²) in [6.07, 6.45) is -2.88. The molecule has 2 aromatic heterocycles. The summed E-state index contributed by atoms with van der Waals surface area (Å²) in [5, 5.41) is 12.7. The number of halogens is 2. The number of hydrogen-bond donors (Lipinski definition) is 3. The number of phosphoric ester groups is 1. The molecule has 1 fully saturated rings. The van der Waals surface area contributed by atoms with E-state index in [0.29, 0.717) is 17.5 Å². The van der Waals surface area contributed by atoms with E-state index in [1.54, 1.807) is 36.4 Å². The quantitative estimate of drug-likeness (QED) is 0.0999. The lowest BCUT2D eigenvalue weighted by molar-refractivity contribution is -0.220. The van der Waals surface area contributed by atoms with E-state index in [9.17, 15) is 23.9 Å². The molecule has 0 amide bonds. The Morgan fingerprint density at radius 2 is 1.96 bits per heavy atom. The van der Waals surface area contributed by atoms with E-state index in [4.69, 9.17) is 40.2 Å². The van der Waals surface area contributed by atoms with E-state index in [1.807, 2.05) is 6.07 Å². The number of nitrogens with zero attached hydrogens (tertiary/aromatic N) is 4. The molecule has 0 radical (unpaired) electrons. The highest BCUT2D eigenvalue weighted by molar-refractivity contribution is 7.63. The van der Waals surface area contributed by atoms with Crippen molar-refractivity contribution in [1.29, 1.82) is 0 Å². The molecule has 2 aliphatic rings. The van der Waals surface area contributed by atoms with Gasteiger partial charge in [0.05, 0.1) is 12.9 Å². The third-order valence-electron chi connectivity index (χ3n) is 8.09. The maximum atomic E-state index is 15.3. The summed E-state index contributed by atoms with van der Waals surface area (Å²) in [6, 6.07) is 12.5. The molecule has 0 bridgehead atoms. The number of phosphoric acid groups is 1. The molecule has 4 N–H and O–H groups in total. The topological polar surface area (TPSA) is 222 Å². The lowest BCUT2D eigenvalue weighted by atomic mass is 9.91. The average Bonchev–Trinajstić information content (AvgIpc) is 3.62. The van der Waals surface area contributed by atoms with Crippen LogP contribution in [0.15, 0.2) is 54.9 Å². The van der Waals surface area contributed by atoms with Crippen LogP contribution in [0.5, 0.6) is 5.75 Å². The highest BCUT2D eigenvalue weighted by Gasteiger charge is 2.47. The van der Waals surface area contributed by atoms with Crippen LogP contribution < -0.4 is 20.2 Å². The molecule has 4 aromatic rings. The van der Waals surface area contributed by atoms with Crippen molar-refractivity contribution in [3.8, 4) is 5.75 Å². The number of aromatic nitrogens is 4. The number of rotatable bonds is 13. The standard InChI is InChI=1S/C30H34ClFN6O10P2/c1-17(29(40)44-14-18-8-3-2-4-9-18)37-49(41,47-21-13-7-11-19-10-5-6-12-20(19)21)48-50(42,43)45-15-22-25(39)23(32)28(46-22)38-16-34-24-26(33)35-30(31)36-27(24)38/h2-4,7-9,11,13,16-17,22-23,25,28,39H,5-6,10,12,14-15H2,1H3,(H,37,41)(H,42,43)(H2,33,35,36)/p-1/t17-,22+,23+,25?,28+,49?/m0/s1. The first-order valence-corrected chi connectivity index (χ1v) is 18.9.